The standard InChI is InChI=1S/C14H22N2O/c1-4-12-10(3)15-13(16-14(12)17)11-7-5-9(2)6-8-11/h9,11H,4-8H2,1-3H3,(H,15,16,17). The number of hydrogen-bond donors (Lipinski definition) is 1. The minimum Gasteiger partial charge on any atom is -0.310 e. The van der Waals surface area contributed by atoms with Crippen LogP contribution in [0.1, 0.15) is 62.5 Å². The zero-order valence-electron chi connectivity index (χ0n) is 11.0. The molecule has 94 valence electrons. The Morgan fingerprint density at radius 3 is 2.47 bits per heavy atom. The first kappa shape index (κ1) is 12.3. The highest BCUT2D eigenvalue weighted by Crippen LogP contribution is 2.33. The molecule has 0 spiro atoms. The summed E-state index contributed by atoms with van der Waals surface area (Å²) in [5.74, 6) is 2.20. The van der Waals surface area contributed by atoms with Crippen LogP contribution < -0.4 is 5.56 Å². The van der Waals surface area contributed by atoms with Crippen LogP contribution in [-0.4, -0.2) is 9.97 Å². The van der Waals surface area contributed by atoms with Crippen LogP contribution in [0.15, 0.2) is 4.79 Å². The Hall–Kier alpha value is -1.12. The third kappa shape index (κ3) is 2.59. The Morgan fingerprint density at radius 1 is 1.29 bits per heavy atom. The van der Waals surface area contributed by atoms with E-state index < -0.39 is 0 Å². The van der Waals surface area contributed by atoms with Gasteiger partial charge in [0, 0.05) is 17.2 Å². The van der Waals surface area contributed by atoms with Crippen LogP contribution in [0.4, 0.5) is 0 Å². The second kappa shape index (κ2) is 5.03. The van der Waals surface area contributed by atoms with Crippen molar-refractivity contribution in [3.8, 4) is 0 Å². The molecule has 1 aromatic heterocycles. The average molecular weight is 234 g/mol. The minimum atomic E-state index is 0.0635. The molecule has 0 amide bonds. The fraction of sp³-hybridized carbons (Fsp3) is 0.714. The SMILES string of the molecule is CCc1c(C)nc(C2CCC(C)CC2)[nH]c1=O. The molecule has 1 N–H and O–H groups in total. The van der Waals surface area contributed by atoms with E-state index in [9.17, 15) is 4.79 Å². The third-order valence-electron chi connectivity index (χ3n) is 4.00. The van der Waals surface area contributed by atoms with Crippen molar-refractivity contribution < 1.29 is 0 Å². The number of rotatable bonds is 2. The van der Waals surface area contributed by atoms with Crippen molar-refractivity contribution >= 4 is 0 Å². The monoisotopic (exact) mass is 234 g/mol. The van der Waals surface area contributed by atoms with Gasteiger partial charge in [0.2, 0.25) is 0 Å². The van der Waals surface area contributed by atoms with Crippen molar-refractivity contribution in [1.82, 2.24) is 9.97 Å². The molecule has 0 radical (unpaired) electrons. The van der Waals surface area contributed by atoms with Crippen molar-refractivity contribution in [2.24, 2.45) is 5.92 Å². The summed E-state index contributed by atoms with van der Waals surface area (Å²) in [5, 5.41) is 0. The van der Waals surface area contributed by atoms with Gasteiger partial charge in [-0.25, -0.2) is 4.98 Å². The van der Waals surface area contributed by atoms with Crippen molar-refractivity contribution in [1.29, 1.82) is 0 Å². The molecule has 3 nitrogen and oxygen atoms in total. The topological polar surface area (TPSA) is 45.8 Å². The first-order valence-electron chi connectivity index (χ1n) is 6.71. The van der Waals surface area contributed by atoms with Crippen molar-refractivity contribution in [3.05, 3.63) is 27.4 Å². The third-order valence-corrected chi connectivity index (χ3v) is 4.00. The first-order valence-corrected chi connectivity index (χ1v) is 6.71. The molecule has 0 atom stereocenters. The predicted octanol–water partition coefficient (Wildman–Crippen LogP) is 2.93. The van der Waals surface area contributed by atoms with Gasteiger partial charge in [-0.1, -0.05) is 26.7 Å². The molecule has 2 rings (SSSR count). The first-order chi connectivity index (χ1) is 8.11. The summed E-state index contributed by atoms with van der Waals surface area (Å²) in [5.41, 5.74) is 1.80. The maximum atomic E-state index is 11.9. The fourth-order valence-electron chi connectivity index (χ4n) is 2.78. The molecule has 0 saturated heterocycles. The van der Waals surface area contributed by atoms with Crippen LogP contribution in [-0.2, 0) is 6.42 Å². The van der Waals surface area contributed by atoms with Gasteiger partial charge in [0.05, 0.1) is 0 Å². The highest BCUT2D eigenvalue weighted by atomic mass is 16.1. The molecule has 1 fully saturated rings. The lowest BCUT2D eigenvalue weighted by atomic mass is 9.82. The summed E-state index contributed by atoms with van der Waals surface area (Å²) >= 11 is 0. The Bertz CT molecular complexity index is 442. The predicted molar refractivity (Wildman–Crippen MR) is 69.3 cm³/mol. The van der Waals surface area contributed by atoms with Gasteiger partial charge in [-0.2, -0.15) is 0 Å². The number of H-pyrrole nitrogens is 1. The molecule has 1 aliphatic rings. The molecule has 1 saturated carbocycles. The zero-order valence-corrected chi connectivity index (χ0v) is 11.0. The van der Waals surface area contributed by atoms with Crippen molar-refractivity contribution in [2.45, 2.75) is 58.8 Å². The fourth-order valence-corrected chi connectivity index (χ4v) is 2.78. The molecule has 3 heteroatoms. The number of aromatic nitrogens is 2. The Balaban J connectivity index is 2.25. The molecule has 1 aliphatic carbocycles. The normalized spacial score (nSPS) is 24.9. The van der Waals surface area contributed by atoms with Crippen LogP contribution in [0.5, 0.6) is 0 Å². The number of hydrogen-bond acceptors (Lipinski definition) is 2. The van der Waals surface area contributed by atoms with Crippen molar-refractivity contribution in [3.63, 3.8) is 0 Å². The lowest BCUT2D eigenvalue weighted by molar-refractivity contribution is 0.339. The van der Waals surface area contributed by atoms with Crippen LogP contribution in [0, 0.1) is 12.8 Å². The van der Waals surface area contributed by atoms with E-state index in [1.807, 2.05) is 13.8 Å². The Morgan fingerprint density at radius 2 is 1.94 bits per heavy atom. The van der Waals surface area contributed by atoms with E-state index >= 15 is 0 Å². The van der Waals surface area contributed by atoms with Crippen LogP contribution >= 0.6 is 0 Å². The van der Waals surface area contributed by atoms with E-state index in [-0.39, 0.29) is 5.56 Å². The molecule has 0 bridgehead atoms. The molecule has 0 aromatic carbocycles. The average Bonchev–Trinajstić information content (AvgIpc) is 2.29. The van der Waals surface area contributed by atoms with Gasteiger partial charge in [-0.3, -0.25) is 4.79 Å². The number of nitrogens with zero attached hydrogens (tertiary/aromatic N) is 1. The highest BCUT2D eigenvalue weighted by Gasteiger charge is 2.22. The molecular formula is C14H22N2O. The summed E-state index contributed by atoms with van der Waals surface area (Å²) in [6.45, 7) is 6.25. The maximum Gasteiger partial charge on any atom is 0.254 e. The molecule has 1 aromatic rings. The summed E-state index contributed by atoms with van der Waals surface area (Å²) < 4.78 is 0. The molecular weight excluding hydrogens is 212 g/mol. The Kier molecular flexibility index (Phi) is 3.65. The van der Waals surface area contributed by atoms with Gasteiger partial charge in [0.1, 0.15) is 5.82 Å². The molecule has 0 aliphatic heterocycles. The summed E-state index contributed by atoms with van der Waals surface area (Å²) in [7, 11) is 0. The number of aryl methyl sites for hydroxylation is 1. The maximum absolute atomic E-state index is 11.9. The second-order valence-electron chi connectivity index (χ2n) is 5.33. The van der Waals surface area contributed by atoms with E-state index in [0.29, 0.717) is 5.92 Å². The van der Waals surface area contributed by atoms with Gasteiger partial charge >= 0.3 is 0 Å². The quantitative estimate of drug-likeness (QED) is 0.855. The van der Waals surface area contributed by atoms with Gasteiger partial charge in [-0.15, -0.1) is 0 Å². The van der Waals surface area contributed by atoms with Gasteiger partial charge in [-0.05, 0) is 32.1 Å². The highest BCUT2D eigenvalue weighted by molar-refractivity contribution is 5.17. The van der Waals surface area contributed by atoms with E-state index in [0.717, 1.165) is 42.3 Å². The van der Waals surface area contributed by atoms with Gasteiger partial charge in [0.25, 0.3) is 5.56 Å². The lowest BCUT2D eigenvalue weighted by Gasteiger charge is -2.25. The van der Waals surface area contributed by atoms with Gasteiger partial charge in [0.15, 0.2) is 0 Å². The molecule has 17 heavy (non-hydrogen) atoms. The largest absolute Gasteiger partial charge is 0.310 e. The van der Waals surface area contributed by atoms with E-state index in [4.69, 9.17) is 0 Å². The second-order valence-corrected chi connectivity index (χ2v) is 5.33. The van der Waals surface area contributed by atoms with Crippen molar-refractivity contribution in [2.75, 3.05) is 0 Å². The summed E-state index contributed by atoms with van der Waals surface area (Å²) in [6, 6.07) is 0. The van der Waals surface area contributed by atoms with Crippen LogP contribution in [0.2, 0.25) is 0 Å². The molecule has 1 heterocycles. The number of nitrogens with one attached hydrogen (secondary N) is 1. The Labute approximate surface area is 103 Å². The van der Waals surface area contributed by atoms with E-state index in [1.165, 1.54) is 12.8 Å². The summed E-state index contributed by atoms with van der Waals surface area (Å²) in [4.78, 5) is 19.5. The van der Waals surface area contributed by atoms with Crippen LogP contribution in [0.25, 0.3) is 0 Å². The van der Waals surface area contributed by atoms with Crippen LogP contribution in [0.3, 0.4) is 0 Å². The number of aromatic amines is 1. The lowest BCUT2D eigenvalue weighted by Crippen LogP contribution is -2.22. The minimum absolute atomic E-state index is 0.0635. The van der Waals surface area contributed by atoms with Gasteiger partial charge < -0.3 is 4.98 Å². The molecule has 0 unspecified atom stereocenters. The van der Waals surface area contributed by atoms with E-state index in [2.05, 4.69) is 16.9 Å². The summed E-state index contributed by atoms with van der Waals surface area (Å²) in [6.07, 6.45) is 5.59. The smallest absolute Gasteiger partial charge is 0.254 e. The van der Waals surface area contributed by atoms with E-state index in [1.54, 1.807) is 0 Å². The zero-order chi connectivity index (χ0) is 12.4.